The minimum absolute atomic E-state index is 0.107. The highest BCUT2D eigenvalue weighted by atomic mass is 32.2. The molecule has 112 valence electrons. The predicted molar refractivity (Wildman–Crippen MR) is 81.1 cm³/mol. The molecule has 0 aromatic carbocycles. The van der Waals surface area contributed by atoms with Crippen LogP contribution >= 0.6 is 11.3 Å². The third kappa shape index (κ3) is 6.31. The summed E-state index contributed by atoms with van der Waals surface area (Å²) < 4.78 is 26.1. The van der Waals surface area contributed by atoms with Crippen LogP contribution in [0.2, 0.25) is 0 Å². The fourth-order valence-electron chi connectivity index (χ4n) is 1.44. The Morgan fingerprint density at radius 1 is 1.50 bits per heavy atom. The molecule has 5 nitrogen and oxygen atoms in total. The Balaban J connectivity index is 2.62. The molecule has 0 aliphatic rings. The van der Waals surface area contributed by atoms with Crippen molar-refractivity contribution in [2.24, 2.45) is 5.92 Å². The summed E-state index contributed by atoms with van der Waals surface area (Å²) >= 11 is 1.40. The maximum Gasteiger partial charge on any atom is 0.328 e. The van der Waals surface area contributed by atoms with E-state index in [2.05, 4.69) is 4.72 Å². The number of carboxylic acid groups (broad SMARTS) is 1. The SMILES string of the molecule is CC(C)CCS(=O)(=O)NCc1sccc1/C=C/C(=O)O. The Bertz CT molecular complexity index is 573. The van der Waals surface area contributed by atoms with Gasteiger partial charge in [0.2, 0.25) is 10.0 Å². The Labute approximate surface area is 123 Å². The van der Waals surface area contributed by atoms with E-state index in [4.69, 9.17) is 5.11 Å². The van der Waals surface area contributed by atoms with Gasteiger partial charge in [-0.25, -0.2) is 17.9 Å². The molecular formula is C13H19NO4S2. The molecule has 0 radical (unpaired) electrons. The van der Waals surface area contributed by atoms with Crippen LogP contribution < -0.4 is 4.72 Å². The zero-order valence-electron chi connectivity index (χ0n) is 11.5. The molecule has 7 heteroatoms. The van der Waals surface area contributed by atoms with Crippen LogP contribution in [0, 0.1) is 5.92 Å². The number of carbonyl (C=O) groups is 1. The normalized spacial score (nSPS) is 12.3. The van der Waals surface area contributed by atoms with Gasteiger partial charge in [-0.2, -0.15) is 0 Å². The summed E-state index contributed by atoms with van der Waals surface area (Å²) in [5, 5.41) is 10.4. The lowest BCUT2D eigenvalue weighted by Crippen LogP contribution is -2.26. The van der Waals surface area contributed by atoms with Crippen molar-refractivity contribution in [2.45, 2.75) is 26.8 Å². The standard InChI is InChI=1S/C13H19NO4S2/c1-10(2)6-8-20(17,18)14-9-12-11(5-7-19-12)3-4-13(15)16/h3-5,7,10,14H,6,8-9H2,1-2H3,(H,15,16)/b4-3+. The van der Waals surface area contributed by atoms with Gasteiger partial charge in [-0.3, -0.25) is 0 Å². The molecule has 0 bridgehead atoms. The minimum Gasteiger partial charge on any atom is -0.478 e. The minimum atomic E-state index is -3.28. The summed E-state index contributed by atoms with van der Waals surface area (Å²) in [4.78, 5) is 11.3. The Kier molecular flexibility index (Phi) is 6.38. The molecule has 20 heavy (non-hydrogen) atoms. The van der Waals surface area contributed by atoms with Gasteiger partial charge in [0.05, 0.1) is 5.75 Å². The van der Waals surface area contributed by atoms with E-state index in [0.29, 0.717) is 12.3 Å². The van der Waals surface area contributed by atoms with E-state index in [1.54, 1.807) is 11.4 Å². The van der Waals surface area contributed by atoms with Crippen molar-refractivity contribution in [3.63, 3.8) is 0 Å². The van der Waals surface area contributed by atoms with Crippen LogP contribution in [0.5, 0.6) is 0 Å². The summed E-state index contributed by atoms with van der Waals surface area (Å²) in [6, 6.07) is 1.77. The van der Waals surface area contributed by atoms with E-state index in [0.717, 1.165) is 16.5 Å². The van der Waals surface area contributed by atoms with Crippen LogP contribution in [0.1, 0.15) is 30.7 Å². The van der Waals surface area contributed by atoms with E-state index >= 15 is 0 Å². The van der Waals surface area contributed by atoms with Crippen molar-refractivity contribution in [1.29, 1.82) is 0 Å². The van der Waals surface area contributed by atoms with Crippen molar-refractivity contribution in [1.82, 2.24) is 4.72 Å². The second kappa shape index (κ2) is 7.56. The molecule has 2 N–H and O–H groups in total. The number of sulfonamides is 1. The molecule has 0 aliphatic heterocycles. The monoisotopic (exact) mass is 317 g/mol. The first-order valence-electron chi connectivity index (χ1n) is 6.25. The fraction of sp³-hybridized carbons (Fsp3) is 0.462. The third-order valence-electron chi connectivity index (χ3n) is 2.60. The number of aliphatic carboxylic acids is 1. The van der Waals surface area contributed by atoms with Crippen LogP contribution in [0.15, 0.2) is 17.5 Å². The number of carboxylic acids is 1. The van der Waals surface area contributed by atoms with Crippen LogP contribution in [0.4, 0.5) is 0 Å². The quantitative estimate of drug-likeness (QED) is 0.721. The Morgan fingerprint density at radius 3 is 2.80 bits per heavy atom. The molecule has 0 spiro atoms. The molecule has 0 fully saturated rings. The zero-order chi connectivity index (χ0) is 15.2. The molecule has 1 aromatic heterocycles. The number of hydrogen-bond donors (Lipinski definition) is 2. The number of thiophene rings is 1. The van der Waals surface area contributed by atoms with Crippen molar-refractivity contribution < 1.29 is 18.3 Å². The molecule has 1 aromatic rings. The number of rotatable bonds is 8. The van der Waals surface area contributed by atoms with Crippen molar-refractivity contribution in [2.75, 3.05) is 5.75 Å². The molecule has 0 saturated carbocycles. The lowest BCUT2D eigenvalue weighted by Gasteiger charge is -2.08. The van der Waals surface area contributed by atoms with Gasteiger partial charge in [0.1, 0.15) is 0 Å². The molecule has 0 saturated heterocycles. The second-order valence-corrected chi connectivity index (χ2v) is 7.72. The first-order chi connectivity index (χ1) is 9.30. The van der Waals surface area contributed by atoms with Crippen molar-refractivity contribution in [3.8, 4) is 0 Å². The summed E-state index contributed by atoms with van der Waals surface area (Å²) in [6.07, 6.45) is 3.13. The smallest absolute Gasteiger partial charge is 0.328 e. The lowest BCUT2D eigenvalue weighted by atomic mass is 10.2. The molecule has 0 amide bonds. The summed E-state index contributed by atoms with van der Waals surface area (Å²) in [5.74, 6) is -0.585. The van der Waals surface area contributed by atoms with E-state index in [1.807, 2.05) is 13.8 Å². The first-order valence-corrected chi connectivity index (χ1v) is 8.78. The number of nitrogens with one attached hydrogen (secondary N) is 1. The molecule has 0 aliphatic carbocycles. The van der Waals surface area contributed by atoms with Crippen molar-refractivity contribution >= 4 is 33.4 Å². The van der Waals surface area contributed by atoms with Gasteiger partial charge >= 0.3 is 5.97 Å². The van der Waals surface area contributed by atoms with Gasteiger partial charge in [0, 0.05) is 17.5 Å². The summed E-state index contributed by atoms with van der Waals surface area (Å²) in [7, 11) is -3.28. The maximum absolute atomic E-state index is 11.8. The van der Waals surface area contributed by atoms with E-state index in [9.17, 15) is 13.2 Å². The van der Waals surface area contributed by atoms with Gasteiger partial charge in [0.25, 0.3) is 0 Å². The van der Waals surface area contributed by atoms with Gasteiger partial charge in [-0.15, -0.1) is 11.3 Å². The van der Waals surface area contributed by atoms with Crippen LogP contribution in [0.3, 0.4) is 0 Å². The van der Waals surface area contributed by atoms with E-state index in [-0.39, 0.29) is 12.3 Å². The highest BCUT2D eigenvalue weighted by Gasteiger charge is 2.12. The molecule has 1 rings (SSSR count). The molecule has 1 heterocycles. The maximum atomic E-state index is 11.8. The van der Waals surface area contributed by atoms with Gasteiger partial charge < -0.3 is 5.11 Å². The highest BCUT2D eigenvalue weighted by molar-refractivity contribution is 7.89. The van der Waals surface area contributed by atoms with Crippen LogP contribution in [0.25, 0.3) is 6.08 Å². The van der Waals surface area contributed by atoms with E-state index in [1.165, 1.54) is 17.4 Å². The van der Waals surface area contributed by atoms with Gasteiger partial charge in [-0.1, -0.05) is 13.8 Å². The van der Waals surface area contributed by atoms with Gasteiger partial charge in [0.15, 0.2) is 0 Å². The average molecular weight is 317 g/mol. The molecular weight excluding hydrogens is 298 g/mol. The molecule has 0 atom stereocenters. The van der Waals surface area contributed by atoms with Crippen molar-refractivity contribution in [3.05, 3.63) is 28.0 Å². The molecule has 0 unspecified atom stereocenters. The van der Waals surface area contributed by atoms with E-state index < -0.39 is 16.0 Å². The Morgan fingerprint density at radius 2 is 2.20 bits per heavy atom. The van der Waals surface area contributed by atoms with Gasteiger partial charge in [-0.05, 0) is 35.4 Å². The Hall–Kier alpha value is -1.18. The fourth-order valence-corrected chi connectivity index (χ4v) is 3.63. The highest BCUT2D eigenvalue weighted by Crippen LogP contribution is 2.18. The lowest BCUT2D eigenvalue weighted by molar-refractivity contribution is -0.131. The van der Waals surface area contributed by atoms with Crippen LogP contribution in [-0.4, -0.2) is 25.2 Å². The zero-order valence-corrected chi connectivity index (χ0v) is 13.1. The topological polar surface area (TPSA) is 83.5 Å². The predicted octanol–water partition coefficient (Wildman–Crippen LogP) is 2.31. The summed E-state index contributed by atoms with van der Waals surface area (Å²) in [5.41, 5.74) is 0.726. The average Bonchev–Trinajstić information content (AvgIpc) is 2.79. The third-order valence-corrected chi connectivity index (χ3v) is 4.90. The largest absolute Gasteiger partial charge is 0.478 e. The number of hydrogen-bond acceptors (Lipinski definition) is 4. The summed E-state index contributed by atoms with van der Waals surface area (Å²) in [6.45, 7) is 4.14. The first kappa shape index (κ1) is 16.9. The second-order valence-electron chi connectivity index (χ2n) is 4.79. The van der Waals surface area contributed by atoms with Crippen LogP contribution in [-0.2, 0) is 21.4 Å².